The fourth-order valence-electron chi connectivity index (χ4n) is 4.93. The lowest BCUT2D eigenvalue weighted by Crippen LogP contribution is -2.05. The van der Waals surface area contributed by atoms with E-state index in [0.29, 0.717) is 12.2 Å². The second kappa shape index (κ2) is 12.9. The number of carbonyl (C=O) groups excluding carboxylic acids is 1. The summed E-state index contributed by atoms with van der Waals surface area (Å²) in [6.45, 7) is 4.20. The van der Waals surface area contributed by atoms with E-state index in [1.54, 1.807) is 0 Å². The number of aryl methyl sites for hydroxylation is 3. The SMILES string of the molecule is C.Cc1ccc(NN)cc1.Cc1ccc2[nH]c3c(c2c1)Cc1ccccc1-3.I.O=C1CCc2ccccc21. The predicted molar refractivity (Wildman–Crippen MR) is 172 cm³/mol. The van der Waals surface area contributed by atoms with E-state index in [9.17, 15) is 4.79 Å². The first-order valence-corrected chi connectivity index (χ1v) is 12.4. The molecule has 4 aromatic carbocycles. The number of H-pyrrole nitrogens is 1. The number of hydrogen-bond acceptors (Lipinski definition) is 3. The summed E-state index contributed by atoms with van der Waals surface area (Å²) in [5, 5.41) is 1.39. The molecule has 1 aromatic heterocycles. The molecule has 0 spiro atoms. The average molecular weight is 618 g/mol. The van der Waals surface area contributed by atoms with Crippen molar-refractivity contribution in [3.05, 3.63) is 124 Å². The molecule has 4 N–H and O–H groups in total. The third-order valence-electron chi connectivity index (χ3n) is 6.87. The number of ketones is 1. The highest BCUT2D eigenvalue weighted by atomic mass is 127. The minimum absolute atomic E-state index is 0. The number of rotatable bonds is 1. The maximum absolute atomic E-state index is 11.1. The number of anilines is 1. The van der Waals surface area contributed by atoms with E-state index >= 15 is 0 Å². The van der Waals surface area contributed by atoms with Crippen LogP contribution in [-0.4, -0.2) is 10.8 Å². The van der Waals surface area contributed by atoms with Crippen LogP contribution in [0, 0.1) is 13.8 Å². The maximum atomic E-state index is 11.1. The molecule has 0 fully saturated rings. The molecule has 5 heteroatoms. The zero-order chi connectivity index (χ0) is 25.1. The number of hydrazine groups is 1. The van der Waals surface area contributed by atoms with E-state index < -0.39 is 0 Å². The first kappa shape index (κ1) is 29.1. The largest absolute Gasteiger partial charge is 0.354 e. The first-order valence-electron chi connectivity index (χ1n) is 12.4. The summed E-state index contributed by atoms with van der Waals surface area (Å²) in [7, 11) is 0. The van der Waals surface area contributed by atoms with Crippen molar-refractivity contribution in [2.45, 2.75) is 40.5 Å². The molecule has 0 bridgehead atoms. The molecule has 5 aromatic rings. The molecule has 0 saturated heterocycles. The van der Waals surface area contributed by atoms with Gasteiger partial charge in [0.05, 0.1) is 5.69 Å². The van der Waals surface area contributed by atoms with Crippen LogP contribution in [0.3, 0.4) is 0 Å². The number of nitrogens with two attached hydrogens (primary N) is 1. The fourth-order valence-corrected chi connectivity index (χ4v) is 4.93. The number of aromatic nitrogens is 1. The van der Waals surface area contributed by atoms with Crippen LogP contribution in [0.2, 0.25) is 0 Å². The minimum atomic E-state index is 0. The number of Topliss-reactive ketones (excluding diaryl/α,β-unsaturated/α-hetero) is 1. The molecule has 38 heavy (non-hydrogen) atoms. The summed E-state index contributed by atoms with van der Waals surface area (Å²) >= 11 is 0. The molecular weight excluding hydrogens is 581 g/mol. The highest BCUT2D eigenvalue weighted by Crippen LogP contribution is 2.40. The lowest BCUT2D eigenvalue weighted by Gasteiger charge is -1.99. The van der Waals surface area contributed by atoms with Gasteiger partial charge in [-0.1, -0.05) is 85.3 Å². The minimum Gasteiger partial charge on any atom is -0.354 e. The third kappa shape index (κ3) is 6.17. The van der Waals surface area contributed by atoms with Gasteiger partial charge in [-0.05, 0) is 61.2 Å². The Hall–Kier alpha value is -3.42. The maximum Gasteiger partial charge on any atom is 0.163 e. The summed E-state index contributed by atoms with van der Waals surface area (Å²) in [6, 6.07) is 31.1. The number of aromatic amines is 1. The van der Waals surface area contributed by atoms with Crippen molar-refractivity contribution < 1.29 is 4.79 Å². The van der Waals surface area contributed by atoms with Crippen LogP contribution in [0.1, 0.15) is 52.0 Å². The molecule has 2 aliphatic carbocycles. The van der Waals surface area contributed by atoms with Gasteiger partial charge >= 0.3 is 0 Å². The summed E-state index contributed by atoms with van der Waals surface area (Å²) in [6.07, 6.45) is 2.71. The van der Waals surface area contributed by atoms with Crippen molar-refractivity contribution >= 4 is 46.4 Å². The van der Waals surface area contributed by atoms with Crippen molar-refractivity contribution in [2.75, 3.05) is 5.43 Å². The van der Waals surface area contributed by atoms with E-state index in [1.807, 2.05) is 55.5 Å². The fraction of sp³-hybridized carbons (Fsp3) is 0.182. The van der Waals surface area contributed by atoms with Crippen LogP contribution in [-0.2, 0) is 12.8 Å². The van der Waals surface area contributed by atoms with Gasteiger partial charge in [0.1, 0.15) is 0 Å². The Labute approximate surface area is 242 Å². The van der Waals surface area contributed by atoms with Gasteiger partial charge in [0.2, 0.25) is 0 Å². The number of benzene rings is 4. The first-order chi connectivity index (χ1) is 17.5. The number of halogens is 1. The van der Waals surface area contributed by atoms with Crippen molar-refractivity contribution in [1.29, 1.82) is 0 Å². The Morgan fingerprint density at radius 3 is 2.08 bits per heavy atom. The molecule has 4 nitrogen and oxygen atoms in total. The summed E-state index contributed by atoms with van der Waals surface area (Å²) in [5.74, 6) is 5.45. The lowest BCUT2D eigenvalue weighted by molar-refractivity contribution is 0.0994. The summed E-state index contributed by atoms with van der Waals surface area (Å²) in [5.41, 5.74) is 15.1. The van der Waals surface area contributed by atoms with Crippen molar-refractivity contribution in [3.8, 4) is 11.3 Å². The molecule has 7 rings (SSSR count). The normalized spacial score (nSPS) is 11.9. The third-order valence-corrected chi connectivity index (χ3v) is 6.87. The lowest BCUT2D eigenvalue weighted by atomic mass is 10.1. The summed E-state index contributed by atoms with van der Waals surface area (Å²) < 4.78 is 0. The van der Waals surface area contributed by atoms with Gasteiger partial charge < -0.3 is 10.4 Å². The van der Waals surface area contributed by atoms with Crippen LogP contribution in [0.15, 0.2) is 91.0 Å². The Morgan fingerprint density at radius 1 is 0.763 bits per heavy atom. The van der Waals surface area contributed by atoms with Gasteiger partial charge in [0.25, 0.3) is 0 Å². The Morgan fingerprint density at radius 2 is 1.39 bits per heavy atom. The molecule has 196 valence electrons. The number of hydrogen-bond donors (Lipinski definition) is 3. The van der Waals surface area contributed by atoms with E-state index in [0.717, 1.165) is 24.1 Å². The van der Waals surface area contributed by atoms with Crippen molar-refractivity contribution in [1.82, 2.24) is 4.98 Å². The van der Waals surface area contributed by atoms with E-state index in [4.69, 9.17) is 5.84 Å². The predicted octanol–water partition coefficient (Wildman–Crippen LogP) is 8.40. The van der Waals surface area contributed by atoms with Gasteiger partial charge in [-0.2, -0.15) is 0 Å². The van der Waals surface area contributed by atoms with Gasteiger partial charge in [-0.25, -0.2) is 0 Å². The van der Waals surface area contributed by atoms with E-state index in [2.05, 4.69) is 59.8 Å². The Bertz CT molecular complexity index is 1540. The van der Waals surface area contributed by atoms with Crippen molar-refractivity contribution in [2.24, 2.45) is 5.84 Å². The van der Waals surface area contributed by atoms with Gasteiger partial charge in [-0.3, -0.25) is 10.6 Å². The Kier molecular flexibility index (Phi) is 9.89. The van der Waals surface area contributed by atoms with Gasteiger partial charge in [0, 0.05) is 40.6 Å². The molecule has 2 aliphatic rings. The van der Waals surface area contributed by atoms with Crippen LogP contribution in [0.5, 0.6) is 0 Å². The average Bonchev–Trinajstić information content (AvgIpc) is 3.57. The highest BCUT2D eigenvalue weighted by Gasteiger charge is 2.22. The van der Waals surface area contributed by atoms with Gasteiger partial charge in [0.15, 0.2) is 5.78 Å². The molecule has 1 heterocycles. The van der Waals surface area contributed by atoms with Gasteiger partial charge in [-0.15, -0.1) is 24.0 Å². The van der Waals surface area contributed by atoms with E-state index in [1.165, 1.54) is 50.0 Å². The smallest absolute Gasteiger partial charge is 0.163 e. The topological polar surface area (TPSA) is 70.9 Å². The molecule has 0 amide bonds. The number of nitrogen functional groups attached to an aromatic ring is 1. The van der Waals surface area contributed by atoms with E-state index in [-0.39, 0.29) is 31.4 Å². The van der Waals surface area contributed by atoms with Crippen molar-refractivity contribution in [3.63, 3.8) is 0 Å². The Balaban J connectivity index is 0.000000166. The molecule has 0 saturated carbocycles. The van der Waals surface area contributed by atoms with Crippen LogP contribution in [0.25, 0.3) is 22.2 Å². The number of carbonyl (C=O) groups is 1. The standard InChI is InChI=1S/C16H13N.C9H8O.C7H10N2.CH4.HI/c1-10-6-7-15-13(8-10)14-9-11-4-2-3-5-12(11)16(14)17-15;10-9-6-5-7-3-1-2-4-8(7)9;1-6-2-4-7(9-8)5-3-6;;/h2-8,17H,9H2,1H3;1-4H,5-6H2;2-5,9H,8H2,1H3;1H4;1H. The number of fused-ring (bicyclic) bond motifs is 6. The second-order valence-electron chi connectivity index (χ2n) is 9.45. The quantitative estimate of drug-likeness (QED) is 0.0986. The highest BCUT2D eigenvalue weighted by molar-refractivity contribution is 14.0. The zero-order valence-electron chi connectivity index (χ0n) is 21.2. The molecule has 0 unspecified atom stereocenters. The molecule has 0 radical (unpaired) electrons. The van der Waals surface area contributed by atoms with Crippen LogP contribution >= 0.6 is 24.0 Å². The van der Waals surface area contributed by atoms with Crippen LogP contribution in [0.4, 0.5) is 5.69 Å². The molecule has 0 aliphatic heterocycles. The second-order valence-corrected chi connectivity index (χ2v) is 9.45. The molecule has 0 atom stereocenters. The summed E-state index contributed by atoms with van der Waals surface area (Å²) in [4.78, 5) is 14.6. The molecular formula is C33H36IN3O. The zero-order valence-corrected chi connectivity index (χ0v) is 23.5. The monoisotopic (exact) mass is 617 g/mol. The number of nitrogens with one attached hydrogen (secondary N) is 2. The van der Waals surface area contributed by atoms with Crippen LogP contribution < -0.4 is 11.3 Å².